The van der Waals surface area contributed by atoms with Crippen molar-refractivity contribution in [1.29, 1.82) is 0 Å². The lowest BCUT2D eigenvalue weighted by atomic mass is 10.1. The van der Waals surface area contributed by atoms with Crippen molar-refractivity contribution in [3.63, 3.8) is 0 Å². The molecule has 106 valence electrons. The highest BCUT2D eigenvalue weighted by molar-refractivity contribution is 5.77. The number of carbonyl (C=O) groups is 1. The molecular weight excluding hydrogens is 240 g/mol. The Morgan fingerprint density at radius 2 is 1.89 bits per heavy atom. The Morgan fingerprint density at radius 1 is 1.26 bits per heavy atom. The molecule has 0 bridgehead atoms. The van der Waals surface area contributed by atoms with Crippen molar-refractivity contribution >= 4 is 5.91 Å². The second-order valence-corrected chi connectivity index (χ2v) is 4.95. The summed E-state index contributed by atoms with van der Waals surface area (Å²) in [5.41, 5.74) is 0.890. The van der Waals surface area contributed by atoms with Gasteiger partial charge in [-0.15, -0.1) is 0 Å². The van der Waals surface area contributed by atoms with E-state index in [0.29, 0.717) is 13.1 Å². The smallest absolute Gasteiger partial charge is 0.236 e. The highest BCUT2D eigenvalue weighted by atomic mass is 16.3. The molecule has 0 fully saturated rings. The largest absolute Gasteiger partial charge is 0.387 e. The third-order valence-corrected chi connectivity index (χ3v) is 3.01. The maximum atomic E-state index is 11.7. The van der Waals surface area contributed by atoms with Crippen molar-refractivity contribution in [1.82, 2.24) is 9.80 Å². The van der Waals surface area contributed by atoms with Crippen molar-refractivity contribution in [2.45, 2.75) is 19.4 Å². The zero-order chi connectivity index (χ0) is 14.3. The number of likely N-dealkylation sites (N-methyl/N-ethyl adjacent to an activating group) is 1. The molecule has 1 aromatic carbocycles. The van der Waals surface area contributed by atoms with Crippen LogP contribution in [-0.2, 0) is 4.79 Å². The van der Waals surface area contributed by atoms with Crippen LogP contribution in [0.15, 0.2) is 30.3 Å². The molecule has 1 unspecified atom stereocenters. The molecule has 4 nitrogen and oxygen atoms in total. The highest BCUT2D eigenvalue weighted by Gasteiger charge is 2.16. The van der Waals surface area contributed by atoms with Crippen molar-refractivity contribution in [3.8, 4) is 0 Å². The summed E-state index contributed by atoms with van der Waals surface area (Å²) in [5.74, 6) is 0.0636. The molecule has 0 aliphatic carbocycles. The molecule has 1 rings (SSSR count). The third-order valence-electron chi connectivity index (χ3n) is 3.01. The van der Waals surface area contributed by atoms with E-state index in [1.54, 1.807) is 19.0 Å². The molecule has 0 spiro atoms. The third kappa shape index (κ3) is 5.41. The van der Waals surface area contributed by atoms with E-state index in [2.05, 4.69) is 6.92 Å². The number of carbonyl (C=O) groups excluding carboxylic acids is 1. The van der Waals surface area contributed by atoms with Crippen molar-refractivity contribution in [2.75, 3.05) is 33.7 Å². The van der Waals surface area contributed by atoms with Crippen LogP contribution in [0.4, 0.5) is 0 Å². The van der Waals surface area contributed by atoms with Crippen LogP contribution in [0, 0.1) is 0 Å². The van der Waals surface area contributed by atoms with Crippen molar-refractivity contribution < 1.29 is 9.90 Å². The topological polar surface area (TPSA) is 43.8 Å². The Balaban J connectivity index is 2.60. The van der Waals surface area contributed by atoms with Gasteiger partial charge in [-0.3, -0.25) is 9.69 Å². The molecule has 0 aliphatic rings. The first-order chi connectivity index (χ1) is 9.04. The van der Waals surface area contributed by atoms with E-state index in [-0.39, 0.29) is 5.91 Å². The average molecular weight is 264 g/mol. The molecule has 0 heterocycles. The summed E-state index contributed by atoms with van der Waals surface area (Å²) in [4.78, 5) is 15.3. The Morgan fingerprint density at radius 3 is 2.42 bits per heavy atom. The molecule has 0 saturated heterocycles. The highest BCUT2D eigenvalue weighted by Crippen LogP contribution is 2.13. The summed E-state index contributed by atoms with van der Waals surface area (Å²) in [5, 5.41) is 10.2. The summed E-state index contributed by atoms with van der Waals surface area (Å²) in [6.07, 6.45) is 0.407. The van der Waals surface area contributed by atoms with Crippen LogP contribution in [0.3, 0.4) is 0 Å². The van der Waals surface area contributed by atoms with E-state index in [1.807, 2.05) is 35.2 Å². The average Bonchev–Trinajstić information content (AvgIpc) is 2.39. The predicted molar refractivity (Wildman–Crippen MR) is 76.8 cm³/mol. The summed E-state index contributed by atoms with van der Waals surface area (Å²) in [6, 6.07) is 9.56. The van der Waals surface area contributed by atoms with Crippen LogP contribution < -0.4 is 0 Å². The Kier molecular flexibility index (Phi) is 6.53. The van der Waals surface area contributed by atoms with Gasteiger partial charge < -0.3 is 10.0 Å². The van der Waals surface area contributed by atoms with E-state index in [4.69, 9.17) is 0 Å². The lowest BCUT2D eigenvalue weighted by molar-refractivity contribution is -0.130. The molecule has 0 aliphatic heterocycles. The van der Waals surface area contributed by atoms with Gasteiger partial charge in [-0.25, -0.2) is 0 Å². The number of hydrogen-bond donors (Lipinski definition) is 1. The molecular formula is C15H24N2O2. The Labute approximate surface area is 115 Å². The number of rotatable bonds is 7. The van der Waals surface area contributed by atoms with Crippen molar-refractivity contribution in [2.24, 2.45) is 0 Å². The normalized spacial score (nSPS) is 12.5. The van der Waals surface area contributed by atoms with Gasteiger partial charge in [0.05, 0.1) is 12.6 Å². The monoisotopic (exact) mass is 264 g/mol. The molecule has 1 N–H and O–H groups in total. The molecule has 4 heteroatoms. The van der Waals surface area contributed by atoms with Gasteiger partial charge in [-0.1, -0.05) is 37.3 Å². The fourth-order valence-electron chi connectivity index (χ4n) is 1.91. The fraction of sp³-hybridized carbons (Fsp3) is 0.533. The quantitative estimate of drug-likeness (QED) is 0.812. The van der Waals surface area contributed by atoms with E-state index >= 15 is 0 Å². The van der Waals surface area contributed by atoms with Crippen LogP contribution in [0.5, 0.6) is 0 Å². The number of hydrogen-bond acceptors (Lipinski definition) is 3. The Hall–Kier alpha value is -1.39. The van der Waals surface area contributed by atoms with Crippen LogP contribution >= 0.6 is 0 Å². The fourth-order valence-corrected chi connectivity index (χ4v) is 1.91. The summed E-state index contributed by atoms with van der Waals surface area (Å²) >= 11 is 0. The van der Waals surface area contributed by atoms with Crippen LogP contribution in [0.25, 0.3) is 0 Å². The van der Waals surface area contributed by atoms with Gasteiger partial charge >= 0.3 is 0 Å². The van der Waals surface area contributed by atoms with Crippen LogP contribution in [0.1, 0.15) is 25.0 Å². The number of aliphatic hydroxyl groups is 1. The van der Waals surface area contributed by atoms with Gasteiger partial charge in [-0.2, -0.15) is 0 Å². The number of aliphatic hydroxyl groups excluding tert-OH is 1. The van der Waals surface area contributed by atoms with E-state index < -0.39 is 6.10 Å². The first-order valence-corrected chi connectivity index (χ1v) is 6.70. The molecule has 0 saturated carbocycles. The van der Waals surface area contributed by atoms with Gasteiger partial charge in [0.15, 0.2) is 0 Å². The minimum absolute atomic E-state index is 0.0636. The van der Waals surface area contributed by atoms with Gasteiger partial charge in [0, 0.05) is 20.6 Å². The zero-order valence-corrected chi connectivity index (χ0v) is 12.0. The molecule has 0 radical (unpaired) electrons. The number of amides is 1. The van der Waals surface area contributed by atoms with Crippen molar-refractivity contribution in [3.05, 3.63) is 35.9 Å². The van der Waals surface area contributed by atoms with Gasteiger partial charge in [0.2, 0.25) is 5.91 Å². The standard InChI is InChI=1S/C15H24N2O2/c1-4-10-17(12-15(19)16(2)3)11-14(18)13-8-6-5-7-9-13/h5-9,14,18H,4,10-12H2,1-3H3. The first kappa shape index (κ1) is 15.7. The summed E-state index contributed by atoms with van der Waals surface area (Å²) < 4.78 is 0. The van der Waals surface area contributed by atoms with E-state index in [0.717, 1.165) is 18.5 Å². The summed E-state index contributed by atoms with van der Waals surface area (Å²) in [6.45, 7) is 3.72. The molecule has 19 heavy (non-hydrogen) atoms. The van der Waals surface area contributed by atoms with E-state index in [1.165, 1.54) is 0 Å². The SMILES string of the molecule is CCCN(CC(=O)N(C)C)CC(O)c1ccccc1. The molecule has 0 aromatic heterocycles. The second-order valence-electron chi connectivity index (χ2n) is 4.95. The summed E-state index contributed by atoms with van der Waals surface area (Å²) in [7, 11) is 3.50. The second kappa shape index (κ2) is 7.92. The van der Waals surface area contributed by atoms with Gasteiger partial charge in [0.1, 0.15) is 0 Å². The molecule has 1 amide bonds. The predicted octanol–water partition coefficient (Wildman–Crippen LogP) is 1.52. The zero-order valence-electron chi connectivity index (χ0n) is 12.0. The van der Waals surface area contributed by atoms with E-state index in [9.17, 15) is 9.90 Å². The van der Waals surface area contributed by atoms with Crippen LogP contribution in [0.2, 0.25) is 0 Å². The molecule has 1 atom stereocenters. The minimum atomic E-state index is -0.553. The molecule has 1 aromatic rings. The number of nitrogens with zero attached hydrogens (tertiary/aromatic N) is 2. The van der Waals surface area contributed by atoms with Gasteiger partial charge in [0.25, 0.3) is 0 Å². The Bertz CT molecular complexity index is 379. The van der Waals surface area contributed by atoms with Gasteiger partial charge in [-0.05, 0) is 18.5 Å². The number of benzene rings is 1. The van der Waals surface area contributed by atoms with Crippen LogP contribution in [-0.4, -0.2) is 54.5 Å². The maximum absolute atomic E-state index is 11.7. The minimum Gasteiger partial charge on any atom is -0.387 e. The maximum Gasteiger partial charge on any atom is 0.236 e. The lowest BCUT2D eigenvalue weighted by Crippen LogP contribution is -2.39. The first-order valence-electron chi connectivity index (χ1n) is 6.70. The lowest BCUT2D eigenvalue weighted by Gasteiger charge is -2.25.